The van der Waals surface area contributed by atoms with Crippen LogP contribution in [0, 0.1) is 13.8 Å². The standard InChI is InChI=1S/C27H33N5O4/c1-15-13-35-21-11-18-7-8-19-24(26(33)31-9-10-34-14-27(31,4)5)28-25(23-16(2)29-30(6)17(23)3)32(19)20(18)12-22(21)36-15/h11-12,15H,7-10,13-14H2,1-6H3. The number of nitrogens with zero attached hydrogens (tertiary/aromatic N) is 5. The van der Waals surface area contributed by atoms with Gasteiger partial charge in [0.15, 0.2) is 17.2 Å². The minimum Gasteiger partial charge on any atom is -0.486 e. The van der Waals surface area contributed by atoms with E-state index in [1.54, 1.807) is 0 Å². The van der Waals surface area contributed by atoms with E-state index in [-0.39, 0.29) is 12.0 Å². The Morgan fingerprint density at radius 1 is 1.17 bits per heavy atom. The van der Waals surface area contributed by atoms with Gasteiger partial charge in [-0.2, -0.15) is 5.10 Å². The number of hydrogen-bond donors (Lipinski definition) is 0. The zero-order chi connectivity index (χ0) is 25.4. The molecule has 2 aromatic heterocycles. The molecule has 190 valence electrons. The predicted molar refractivity (Wildman–Crippen MR) is 134 cm³/mol. The lowest BCUT2D eigenvalue weighted by molar-refractivity contribution is -0.0373. The van der Waals surface area contributed by atoms with Gasteiger partial charge >= 0.3 is 0 Å². The Labute approximate surface area is 211 Å². The van der Waals surface area contributed by atoms with Gasteiger partial charge in [0.05, 0.1) is 41.4 Å². The second kappa shape index (κ2) is 8.09. The van der Waals surface area contributed by atoms with Crippen molar-refractivity contribution in [2.75, 3.05) is 26.4 Å². The number of carbonyl (C=O) groups is 1. The smallest absolute Gasteiger partial charge is 0.274 e. The summed E-state index contributed by atoms with van der Waals surface area (Å²) in [6.07, 6.45) is 1.48. The Hall–Kier alpha value is -3.33. The molecule has 0 aliphatic carbocycles. The van der Waals surface area contributed by atoms with E-state index in [0.717, 1.165) is 57.6 Å². The van der Waals surface area contributed by atoms with Crippen LogP contribution < -0.4 is 9.47 Å². The van der Waals surface area contributed by atoms with Gasteiger partial charge in [0, 0.05) is 25.4 Å². The fourth-order valence-corrected chi connectivity index (χ4v) is 5.66. The molecule has 6 rings (SSSR count). The van der Waals surface area contributed by atoms with E-state index in [1.807, 2.05) is 57.3 Å². The maximum atomic E-state index is 14.0. The molecule has 1 amide bonds. The van der Waals surface area contributed by atoms with E-state index < -0.39 is 5.54 Å². The highest BCUT2D eigenvalue weighted by Crippen LogP contribution is 2.42. The van der Waals surface area contributed by atoms with Gasteiger partial charge in [-0.1, -0.05) is 0 Å². The summed E-state index contributed by atoms with van der Waals surface area (Å²) in [5, 5.41) is 4.65. The number of fused-ring (bicyclic) bond motifs is 4. The number of ether oxygens (including phenoxy) is 3. The van der Waals surface area contributed by atoms with Crippen LogP contribution in [0.4, 0.5) is 0 Å². The molecule has 36 heavy (non-hydrogen) atoms. The summed E-state index contributed by atoms with van der Waals surface area (Å²) in [6, 6.07) is 4.13. The summed E-state index contributed by atoms with van der Waals surface area (Å²) < 4.78 is 21.8. The second-order valence-electron chi connectivity index (χ2n) is 10.7. The highest BCUT2D eigenvalue weighted by atomic mass is 16.6. The number of hydrogen-bond acceptors (Lipinski definition) is 6. The van der Waals surface area contributed by atoms with Crippen molar-refractivity contribution in [3.63, 3.8) is 0 Å². The maximum absolute atomic E-state index is 14.0. The zero-order valence-corrected chi connectivity index (χ0v) is 21.8. The SMILES string of the molecule is Cc1nn(C)c(C)c1-c1nc(C(=O)N2CCOCC2(C)C)c2n1-c1cc3c(cc1CC2)OCC(C)O3. The lowest BCUT2D eigenvalue weighted by Gasteiger charge is -2.41. The highest BCUT2D eigenvalue weighted by molar-refractivity contribution is 5.95. The van der Waals surface area contributed by atoms with E-state index in [1.165, 1.54) is 0 Å². The van der Waals surface area contributed by atoms with Crippen LogP contribution in [0.5, 0.6) is 11.5 Å². The van der Waals surface area contributed by atoms with Gasteiger partial charge in [0.1, 0.15) is 18.5 Å². The van der Waals surface area contributed by atoms with Crippen molar-refractivity contribution in [3.05, 3.63) is 40.5 Å². The number of carbonyl (C=O) groups excluding carboxylic acids is 1. The monoisotopic (exact) mass is 491 g/mol. The van der Waals surface area contributed by atoms with Crippen molar-refractivity contribution >= 4 is 5.91 Å². The molecular formula is C27H33N5O4. The van der Waals surface area contributed by atoms with Crippen LogP contribution in [0.25, 0.3) is 17.1 Å². The fraction of sp³-hybridized carbons (Fsp3) is 0.519. The van der Waals surface area contributed by atoms with E-state index in [2.05, 4.69) is 15.7 Å². The Morgan fingerprint density at radius 3 is 2.69 bits per heavy atom. The van der Waals surface area contributed by atoms with Gasteiger partial charge in [-0.25, -0.2) is 4.98 Å². The van der Waals surface area contributed by atoms with E-state index in [4.69, 9.17) is 19.2 Å². The number of aromatic nitrogens is 4. The highest BCUT2D eigenvalue weighted by Gasteiger charge is 2.39. The van der Waals surface area contributed by atoms with Crippen molar-refractivity contribution in [2.24, 2.45) is 7.05 Å². The van der Waals surface area contributed by atoms with E-state index in [9.17, 15) is 4.79 Å². The Morgan fingerprint density at radius 2 is 1.97 bits per heavy atom. The van der Waals surface area contributed by atoms with Crippen molar-refractivity contribution in [1.29, 1.82) is 0 Å². The van der Waals surface area contributed by atoms with E-state index in [0.29, 0.717) is 38.5 Å². The number of imidazole rings is 1. The molecule has 0 N–H and O–H groups in total. The average molecular weight is 492 g/mol. The first kappa shape index (κ1) is 23.1. The third kappa shape index (κ3) is 3.43. The Kier molecular flexibility index (Phi) is 5.19. The molecule has 3 aliphatic rings. The predicted octanol–water partition coefficient (Wildman–Crippen LogP) is 3.40. The maximum Gasteiger partial charge on any atom is 0.274 e. The molecule has 0 radical (unpaired) electrons. The van der Waals surface area contributed by atoms with Crippen LogP contribution in [-0.2, 0) is 24.6 Å². The van der Waals surface area contributed by atoms with Crippen LogP contribution in [0.15, 0.2) is 12.1 Å². The van der Waals surface area contributed by atoms with Gasteiger partial charge in [-0.3, -0.25) is 14.0 Å². The molecule has 0 saturated carbocycles. The quantitative estimate of drug-likeness (QED) is 0.547. The van der Waals surface area contributed by atoms with Gasteiger partial charge in [-0.15, -0.1) is 0 Å². The van der Waals surface area contributed by atoms with Gasteiger partial charge < -0.3 is 19.1 Å². The second-order valence-corrected chi connectivity index (χ2v) is 10.7. The molecule has 9 nitrogen and oxygen atoms in total. The summed E-state index contributed by atoms with van der Waals surface area (Å²) in [7, 11) is 1.94. The summed E-state index contributed by atoms with van der Waals surface area (Å²) in [4.78, 5) is 21.0. The zero-order valence-electron chi connectivity index (χ0n) is 21.8. The minimum absolute atomic E-state index is 0.0237. The first-order valence-corrected chi connectivity index (χ1v) is 12.6. The van der Waals surface area contributed by atoms with Crippen molar-refractivity contribution in [2.45, 2.75) is 59.1 Å². The molecule has 0 spiro atoms. The van der Waals surface area contributed by atoms with Crippen molar-refractivity contribution in [1.82, 2.24) is 24.2 Å². The number of benzene rings is 1. The molecule has 1 atom stereocenters. The molecular weight excluding hydrogens is 458 g/mol. The summed E-state index contributed by atoms with van der Waals surface area (Å²) in [5.41, 5.74) is 6.01. The van der Waals surface area contributed by atoms with Crippen LogP contribution in [0.1, 0.15) is 53.9 Å². The number of aryl methyl sites for hydroxylation is 3. The van der Waals surface area contributed by atoms with Crippen LogP contribution in [-0.4, -0.2) is 68.1 Å². The number of rotatable bonds is 2. The Balaban J connectivity index is 1.57. The molecule has 3 aliphatic heterocycles. The van der Waals surface area contributed by atoms with Gasteiger partial charge in [0.2, 0.25) is 0 Å². The van der Waals surface area contributed by atoms with Crippen molar-refractivity contribution in [3.8, 4) is 28.6 Å². The number of morpholine rings is 1. The third-order valence-electron chi connectivity index (χ3n) is 7.62. The summed E-state index contributed by atoms with van der Waals surface area (Å²) in [5.74, 6) is 2.19. The molecule has 0 bridgehead atoms. The lowest BCUT2D eigenvalue weighted by Crippen LogP contribution is -2.55. The van der Waals surface area contributed by atoms with E-state index >= 15 is 0 Å². The van der Waals surface area contributed by atoms with Crippen LogP contribution in [0.3, 0.4) is 0 Å². The Bertz CT molecular complexity index is 1390. The molecule has 1 fully saturated rings. The van der Waals surface area contributed by atoms with Gasteiger partial charge in [-0.05, 0) is 59.1 Å². The normalized spacial score (nSPS) is 20.2. The van der Waals surface area contributed by atoms with Crippen molar-refractivity contribution < 1.29 is 19.0 Å². The largest absolute Gasteiger partial charge is 0.486 e. The minimum atomic E-state index is -0.404. The topological polar surface area (TPSA) is 83.6 Å². The third-order valence-corrected chi connectivity index (χ3v) is 7.62. The average Bonchev–Trinajstić information content (AvgIpc) is 3.33. The molecule has 1 unspecified atom stereocenters. The molecule has 1 saturated heterocycles. The summed E-state index contributed by atoms with van der Waals surface area (Å²) >= 11 is 0. The van der Waals surface area contributed by atoms with Gasteiger partial charge in [0.25, 0.3) is 5.91 Å². The van der Waals surface area contributed by atoms with Crippen LogP contribution in [0.2, 0.25) is 0 Å². The first-order chi connectivity index (χ1) is 17.2. The lowest BCUT2D eigenvalue weighted by atomic mass is 9.97. The molecule has 1 aromatic carbocycles. The molecule has 9 heteroatoms. The summed E-state index contributed by atoms with van der Waals surface area (Å²) in [6.45, 7) is 12.2. The molecule has 5 heterocycles. The molecule has 3 aromatic rings. The fourth-order valence-electron chi connectivity index (χ4n) is 5.66. The van der Waals surface area contributed by atoms with Crippen LogP contribution >= 0.6 is 0 Å². The number of amides is 1. The first-order valence-electron chi connectivity index (χ1n) is 12.6.